The van der Waals surface area contributed by atoms with Crippen LogP contribution in [0.5, 0.6) is 5.75 Å². The number of aromatic nitrogens is 2. The number of hydrogen-bond acceptors (Lipinski definition) is 4. The lowest BCUT2D eigenvalue weighted by Gasteiger charge is -2.32. The molecule has 0 aliphatic heterocycles. The molecule has 1 aromatic heterocycles. The highest BCUT2D eigenvalue weighted by Crippen LogP contribution is 2.24. The summed E-state index contributed by atoms with van der Waals surface area (Å²) in [7, 11) is 3.98. The van der Waals surface area contributed by atoms with Crippen molar-refractivity contribution >= 4 is 23.2 Å². The van der Waals surface area contributed by atoms with E-state index in [1.807, 2.05) is 14.1 Å². The Kier molecular flexibility index (Phi) is 4.35. The standard InChI is InChI=1S/C10H15Cl2N3O/c1-10(2,15(3)4)6-16-7-5-8(11)13-14-9(7)12/h5H,6H2,1-4H3. The quantitative estimate of drug-likeness (QED) is 0.837. The summed E-state index contributed by atoms with van der Waals surface area (Å²) in [5.74, 6) is 0.455. The Morgan fingerprint density at radius 3 is 2.50 bits per heavy atom. The lowest BCUT2D eigenvalue weighted by atomic mass is 10.1. The lowest BCUT2D eigenvalue weighted by molar-refractivity contribution is 0.114. The van der Waals surface area contributed by atoms with Crippen LogP contribution in [-0.4, -0.2) is 41.3 Å². The fourth-order valence-electron chi connectivity index (χ4n) is 0.822. The maximum absolute atomic E-state index is 5.83. The van der Waals surface area contributed by atoms with E-state index in [0.29, 0.717) is 12.4 Å². The third-order valence-corrected chi connectivity index (χ3v) is 2.92. The molecule has 0 aromatic carbocycles. The molecule has 4 nitrogen and oxygen atoms in total. The van der Waals surface area contributed by atoms with Gasteiger partial charge in [-0.3, -0.25) is 0 Å². The first-order valence-corrected chi connectivity index (χ1v) is 5.57. The van der Waals surface area contributed by atoms with E-state index in [0.717, 1.165) is 0 Å². The van der Waals surface area contributed by atoms with Gasteiger partial charge in [0.2, 0.25) is 0 Å². The van der Waals surface area contributed by atoms with Gasteiger partial charge in [-0.1, -0.05) is 23.2 Å². The van der Waals surface area contributed by atoms with Crippen molar-refractivity contribution in [3.8, 4) is 5.75 Å². The van der Waals surface area contributed by atoms with Gasteiger partial charge in [0.05, 0.1) is 0 Å². The van der Waals surface area contributed by atoms with E-state index in [4.69, 9.17) is 27.9 Å². The summed E-state index contributed by atoms with van der Waals surface area (Å²) in [5, 5.41) is 7.77. The molecule has 0 aliphatic carbocycles. The van der Waals surface area contributed by atoms with Gasteiger partial charge >= 0.3 is 0 Å². The Balaban J connectivity index is 2.71. The molecular weight excluding hydrogens is 249 g/mol. The maximum atomic E-state index is 5.83. The summed E-state index contributed by atoms with van der Waals surface area (Å²) in [4.78, 5) is 2.07. The van der Waals surface area contributed by atoms with E-state index in [9.17, 15) is 0 Å². The molecule has 0 aliphatic rings. The minimum Gasteiger partial charge on any atom is -0.488 e. The molecule has 0 unspecified atom stereocenters. The van der Waals surface area contributed by atoms with Crippen LogP contribution in [-0.2, 0) is 0 Å². The fourth-order valence-corrected chi connectivity index (χ4v) is 1.11. The number of halogens is 2. The zero-order valence-electron chi connectivity index (χ0n) is 9.79. The second-order valence-corrected chi connectivity index (χ2v) is 5.06. The van der Waals surface area contributed by atoms with Gasteiger partial charge in [0, 0.05) is 11.6 Å². The molecule has 0 fully saturated rings. The molecule has 1 heterocycles. The predicted octanol–water partition coefficient (Wildman–Crippen LogP) is 2.50. The fraction of sp³-hybridized carbons (Fsp3) is 0.600. The number of ether oxygens (including phenoxy) is 1. The first kappa shape index (κ1) is 13.5. The van der Waals surface area contributed by atoms with Gasteiger partial charge in [-0.05, 0) is 27.9 Å². The monoisotopic (exact) mass is 263 g/mol. The van der Waals surface area contributed by atoms with Crippen molar-refractivity contribution in [1.82, 2.24) is 15.1 Å². The summed E-state index contributed by atoms with van der Waals surface area (Å²) in [5.41, 5.74) is -0.0981. The zero-order valence-corrected chi connectivity index (χ0v) is 11.3. The molecular formula is C10H15Cl2N3O. The normalized spacial score (nSPS) is 11.9. The van der Waals surface area contributed by atoms with Gasteiger partial charge in [-0.15, -0.1) is 10.2 Å². The zero-order chi connectivity index (χ0) is 12.3. The van der Waals surface area contributed by atoms with Crippen LogP contribution in [0.25, 0.3) is 0 Å². The Morgan fingerprint density at radius 2 is 1.94 bits per heavy atom. The molecule has 0 radical (unpaired) electrons. The van der Waals surface area contributed by atoms with Crippen LogP contribution >= 0.6 is 23.2 Å². The van der Waals surface area contributed by atoms with Crippen LogP contribution in [0, 0.1) is 0 Å². The van der Waals surface area contributed by atoms with E-state index >= 15 is 0 Å². The summed E-state index contributed by atoms with van der Waals surface area (Å²) < 4.78 is 5.58. The summed E-state index contributed by atoms with van der Waals surface area (Å²) in [6.07, 6.45) is 0. The Labute approximate surface area is 106 Å². The largest absolute Gasteiger partial charge is 0.488 e. The van der Waals surface area contributed by atoms with E-state index in [2.05, 4.69) is 28.9 Å². The van der Waals surface area contributed by atoms with Crippen LogP contribution in [0.15, 0.2) is 6.07 Å². The van der Waals surface area contributed by atoms with Crippen molar-refractivity contribution in [2.45, 2.75) is 19.4 Å². The number of likely N-dealkylation sites (N-methyl/N-ethyl adjacent to an activating group) is 1. The lowest BCUT2D eigenvalue weighted by Crippen LogP contribution is -2.43. The minimum absolute atomic E-state index is 0.0981. The second-order valence-electron chi connectivity index (χ2n) is 4.32. The smallest absolute Gasteiger partial charge is 0.193 e. The SMILES string of the molecule is CN(C)C(C)(C)COc1cc(Cl)nnc1Cl. The summed E-state index contributed by atoms with van der Waals surface area (Å²) >= 11 is 11.5. The third-order valence-electron chi connectivity index (χ3n) is 2.48. The number of nitrogens with zero attached hydrogens (tertiary/aromatic N) is 3. The van der Waals surface area contributed by atoms with Crippen LogP contribution in [0.3, 0.4) is 0 Å². The predicted molar refractivity (Wildman–Crippen MR) is 65.3 cm³/mol. The molecule has 0 bridgehead atoms. The van der Waals surface area contributed by atoms with Crippen LogP contribution in [0.4, 0.5) is 0 Å². The highest BCUT2D eigenvalue weighted by molar-refractivity contribution is 6.32. The van der Waals surface area contributed by atoms with Crippen molar-refractivity contribution in [2.75, 3.05) is 20.7 Å². The Bertz CT molecular complexity index is 369. The molecule has 1 aromatic rings. The van der Waals surface area contributed by atoms with Crippen molar-refractivity contribution in [1.29, 1.82) is 0 Å². The molecule has 0 amide bonds. The van der Waals surface area contributed by atoms with E-state index in [1.54, 1.807) is 6.07 Å². The average Bonchev–Trinajstić information content (AvgIpc) is 2.19. The maximum Gasteiger partial charge on any atom is 0.193 e. The number of rotatable bonds is 4. The molecule has 1 rings (SSSR count). The molecule has 0 saturated carbocycles. The third kappa shape index (κ3) is 3.47. The van der Waals surface area contributed by atoms with Gasteiger partial charge in [-0.2, -0.15) is 0 Å². The van der Waals surface area contributed by atoms with Crippen molar-refractivity contribution < 1.29 is 4.74 Å². The summed E-state index contributed by atoms with van der Waals surface area (Å²) in [6, 6.07) is 1.56. The van der Waals surface area contributed by atoms with Crippen LogP contribution in [0.1, 0.15) is 13.8 Å². The van der Waals surface area contributed by atoms with E-state index < -0.39 is 0 Å². The van der Waals surface area contributed by atoms with Crippen LogP contribution < -0.4 is 4.74 Å². The Hall–Kier alpha value is -0.580. The Morgan fingerprint density at radius 1 is 1.31 bits per heavy atom. The van der Waals surface area contributed by atoms with E-state index in [1.165, 1.54) is 0 Å². The van der Waals surface area contributed by atoms with Crippen LogP contribution in [0.2, 0.25) is 10.3 Å². The molecule has 16 heavy (non-hydrogen) atoms. The van der Waals surface area contributed by atoms with Gasteiger partial charge in [0.25, 0.3) is 0 Å². The highest BCUT2D eigenvalue weighted by atomic mass is 35.5. The average molecular weight is 264 g/mol. The van der Waals surface area contributed by atoms with Crippen molar-refractivity contribution in [3.05, 3.63) is 16.4 Å². The topological polar surface area (TPSA) is 38.2 Å². The van der Waals surface area contributed by atoms with Gasteiger partial charge in [0.1, 0.15) is 6.61 Å². The van der Waals surface area contributed by atoms with Gasteiger partial charge in [0.15, 0.2) is 16.1 Å². The molecule has 0 saturated heterocycles. The van der Waals surface area contributed by atoms with E-state index in [-0.39, 0.29) is 15.8 Å². The molecule has 90 valence electrons. The molecule has 0 N–H and O–H groups in total. The van der Waals surface area contributed by atoms with Crippen molar-refractivity contribution in [3.63, 3.8) is 0 Å². The molecule has 6 heteroatoms. The minimum atomic E-state index is -0.0981. The first-order valence-electron chi connectivity index (χ1n) is 4.82. The second kappa shape index (κ2) is 5.17. The highest BCUT2D eigenvalue weighted by Gasteiger charge is 2.22. The molecule has 0 spiro atoms. The first-order chi connectivity index (χ1) is 7.33. The van der Waals surface area contributed by atoms with Crippen molar-refractivity contribution in [2.24, 2.45) is 0 Å². The van der Waals surface area contributed by atoms with Gasteiger partial charge in [-0.25, -0.2) is 0 Å². The van der Waals surface area contributed by atoms with Gasteiger partial charge < -0.3 is 9.64 Å². The number of hydrogen-bond donors (Lipinski definition) is 0. The summed E-state index contributed by atoms with van der Waals surface area (Å²) in [6.45, 7) is 4.62. The molecule has 0 atom stereocenters.